The van der Waals surface area contributed by atoms with Crippen molar-refractivity contribution in [2.45, 2.75) is 88.8 Å². The van der Waals surface area contributed by atoms with Gasteiger partial charge in [0, 0.05) is 12.6 Å². The summed E-state index contributed by atoms with van der Waals surface area (Å²) < 4.78 is 5.35. The van der Waals surface area contributed by atoms with Gasteiger partial charge in [0.05, 0.1) is 19.5 Å². The number of methoxy groups -OCH3 is 1. The van der Waals surface area contributed by atoms with E-state index in [2.05, 4.69) is 67.4 Å². The van der Waals surface area contributed by atoms with Crippen LogP contribution in [0.3, 0.4) is 0 Å². The number of ether oxygens (including phenoxy) is 1. The minimum Gasteiger partial charge on any atom is -0.467 e. The molecule has 202 valence electrons. The molecule has 1 aliphatic carbocycles. The van der Waals surface area contributed by atoms with Crippen molar-refractivity contribution in [2.24, 2.45) is 16.8 Å². The Hall–Kier alpha value is -1.53. The van der Waals surface area contributed by atoms with Crippen LogP contribution in [0.4, 0.5) is 0 Å². The van der Waals surface area contributed by atoms with Gasteiger partial charge in [0.1, 0.15) is 0 Å². The predicted octanol–water partition coefficient (Wildman–Crippen LogP) is 5.92. The van der Waals surface area contributed by atoms with Gasteiger partial charge in [-0.15, -0.1) is 0 Å². The zero-order valence-electron chi connectivity index (χ0n) is 23.3. The van der Waals surface area contributed by atoms with Gasteiger partial charge in [0.15, 0.2) is 5.54 Å². The Labute approximate surface area is 224 Å². The topological polar surface area (TPSA) is 45.1 Å². The van der Waals surface area contributed by atoms with Crippen LogP contribution >= 0.6 is 11.8 Å². The van der Waals surface area contributed by atoms with Gasteiger partial charge in [-0.25, -0.2) is 4.79 Å². The highest BCUT2D eigenvalue weighted by Gasteiger charge is 2.52. The fourth-order valence-corrected chi connectivity index (χ4v) is 6.97. The molecule has 0 bridgehead atoms. The Balaban J connectivity index is 1.64. The van der Waals surface area contributed by atoms with Crippen LogP contribution in [0.25, 0.3) is 0 Å². The van der Waals surface area contributed by atoms with Gasteiger partial charge in [0.2, 0.25) is 0 Å². The van der Waals surface area contributed by atoms with Gasteiger partial charge in [-0.1, -0.05) is 56.5 Å². The average molecular weight is 516 g/mol. The number of hydrogen-bond acceptors (Lipinski definition) is 6. The summed E-state index contributed by atoms with van der Waals surface area (Å²) in [6.45, 7) is 3.20. The molecule has 0 spiro atoms. The van der Waals surface area contributed by atoms with Crippen molar-refractivity contribution in [3.05, 3.63) is 35.9 Å². The fourth-order valence-electron chi connectivity index (χ4n) is 6.46. The zero-order valence-corrected chi connectivity index (χ0v) is 24.1. The van der Waals surface area contributed by atoms with Gasteiger partial charge < -0.3 is 14.5 Å². The number of benzene rings is 1. The maximum absolute atomic E-state index is 13.1. The van der Waals surface area contributed by atoms with Gasteiger partial charge >= 0.3 is 5.97 Å². The summed E-state index contributed by atoms with van der Waals surface area (Å²) in [7, 11) is 6.02. The van der Waals surface area contributed by atoms with E-state index in [4.69, 9.17) is 9.73 Å². The molecular formula is C30H49N3O2S. The summed E-state index contributed by atoms with van der Waals surface area (Å²) >= 11 is 1.79. The van der Waals surface area contributed by atoms with E-state index in [1.54, 1.807) is 11.8 Å². The van der Waals surface area contributed by atoms with Crippen LogP contribution in [-0.2, 0) is 16.0 Å². The van der Waals surface area contributed by atoms with E-state index in [9.17, 15) is 4.79 Å². The zero-order chi connectivity index (χ0) is 26.0. The van der Waals surface area contributed by atoms with Gasteiger partial charge in [-0.05, 0) is 88.4 Å². The third kappa shape index (κ3) is 7.28. The van der Waals surface area contributed by atoms with Crippen LogP contribution in [-0.4, -0.2) is 79.5 Å². The van der Waals surface area contributed by atoms with E-state index in [0.717, 1.165) is 50.3 Å². The van der Waals surface area contributed by atoms with Gasteiger partial charge in [-0.2, -0.15) is 11.8 Å². The predicted molar refractivity (Wildman–Crippen MR) is 154 cm³/mol. The van der Waals surface area contributed by atoms with Crippen LogP contribution in [0, 0.1) is 11.8 Å². The molecule has 1 aromatic carbocycles. The lowest BCUT2D eigenvalue weighted by molar-refractivity contribution is -0.148. The number of unbranched alkanes of at least 4 members (excludes halogenated alkanes) is 1. The van der Waals surface area contributed by atoms with Crippen molar-refractivity contribution < 1.29 is 9.53 Å². The smallest absolute Gasteiger partial charge is 0.336 e. The van der Waals surface area contributed by atoms with Crippen molar-refractivity contribution >= 4 is 24.1 Å². The van der Waals surface area contributed by atoms with Gasteiger partial charge in [-0.3, -0.25) is 4.99 Å². The van der Waals surface area contributed by atoms with Crippen molar-refractivity contribution in [1.29, 1.82) is 0 Å². The van der Waals surface area contributed by atoms with Gasteiger partial charge in [0.25, 0.3) is 0 Å². The molecule has 6 heteroatoms. The normalized spacial score (nSPS) is 26.9. The molecule has 1 heterocycles. The summed E-state index contributed by atoms with van der Waals surface area (Å²) in [5.74, 6) is 2.16. The van der Waals surface area contributed by atoms with Crippen LogP contribution in [0.1, 0.15) is 70.3 Å². The van der Waals surface area contributed by atoms with E-state index >= 15 is 0 Å². The first kappa shape index (κ1) is 29.0. The molecule has 1 aromatic rings. The molecule has 1 aliphatic heterocycles. The summed E-state index contributed by atoms with van der Waals surface area (Å²) in [4.78, 5) is 22.8. The Morgan fingerprint density at radius 1 is 1.22 bits per heavy atom. The third-order valence-electron chi connectivity index (χ3n) is 8.61. The molecule has 0 amide bonds. The first-order valence-corrected chi connectivity index (χ1v) is 15.4. The molecule has 1 fully saturated rings. The van der Waals surface area contributed by atoms with E-state index < -0.39 is 5.54 Å². The molecule has 0 radical (unpaired) electrons. The number of esters is 1. The molecule has 0 N–H and O–H groups in total. The van der Waals surface area contributed by atoms with Crippen molar-refractivity contribution in [2.75, 3.05) is 39.8 Å². The highest BCUT2D eigenvalue weighted by molar-refractivity contribution is 7.98. The SMILES string of the molecule is CCCCN1C=NC(CCSC)(C(=O)OC)C1CC1CCC(C(CCc2ccccc2)N(C)C)CC1. The number of carbonyl (C=O) groups is 1. The largest absolute Gasteiger partial charge is 0.467 e. The molecule has 0 aromatic heterocycles. The Kier molecular flexibility index (Phi) is 11.6. The van der Waals surface area contributed by atoms with Crippen molar-refractivity contribution in [3.8, 4) is 0 Å². The second-order valence-electron chi connectivity index (χ2n) is 11.1. The van der Waals surface area contributed by atoms with Crippen molar-refractivity contribution in [1.82, 2.24) is 9.80 Å². The van der Waals surface area contributed by atoms with Crippen molar-refractivity contribution in [3.63, 3.8) is 0 Å². The maximum Gasteiger partial charge on any atom is 0.336 e. The number of rotatable bonds is 14. The monoisotopic (exact) mass is 515 g/mol. The second-order valence-corrected chi connectivity index (χ2v) is 12.1. The molecule has 3 rings (SSSR count). The minimum absolute atomic E-state index is 0.118. The molecular weight excluding hydrogens is 466 g/mol. The molecule has 1 saturated carbocycles. The Morgan fingerprint density at radius 2 is 1.94 bits per heavy atom. The van der Waals surface area contributed by atoms with Crippen LogP contribution in [0.15, 0.2) is 35.3 Å². The third-order valence-corrected chi connectivity index (χ3v) is 9.22. The lowest BCUT2D eigenvalue weighted by atomic mass is 9.72. The number of hydrogen-bond donors (Lipinski definition) is 0. The van der Waals surface area contributed by atoms with E-state index in [-0.39, 0.29) is 12.0 Å². The number of nitrogens with zero attached hydrogens (tertiary/aromatic N) is 3. The first-order valence-electron chi connectivity index (χ1n) is 14.0. The Bertz CT molecular complexity index is 810. The summed E-state index contributed by atoms with van der Waals surface area (Å²) in [5.41, 5.74) is 0.695. The van der Waals surface area contributed by atoms with Crippen LogP contribution in [0.2, 0.25) is 0 Å². The molecule has 3 atom stereocenters. The van der Waals surface area contributed by atoms with E-state index in [1.807, 2.05) is 6.34 Å². The number of aryl methyl sites for hydroxylation is 1. The Morgan fingerprint density at radius 3 is 2.56 bits per heavy atom. The van der Waals surface area contributed by atoms with Crippen LogP contribution < -0.4 is 0 Å². The number of aliphatic imine (C=N–C) groups is 1. The molecule has 36 heavy (non-hydrogen) atoms. The highest BCUT2D eigenvalue weighted by Crippen LogP contribution is 2.41. The maximum atomic E-state index is 13.1. The first-order chi connectivity index (χ1) is 17.4. The molecule has 5 nitrogen and oxygen atoms in total. The summed E-state index contributed by atoms with van der Waals surface area (Å²) in [6.07, 6.45) is 15.5. The molecule has 0 saturated heterocycles. The highest BCUT2D eigenvalue weighted by atomic mass is 32.2. The lowest BCUT2D eigenvalue weighted by Crippen LogP contribution is -2.53. The average Bonchev–Trinajstić information content (AvgIpc) is 3.24. The minimum atomic E-state index is -0.746. The van der Waals surface area contributed by atoms with Crippen LogP contribution in [0.5, 0.6) is 0 Å². The molecule has 3 unspecified atom stereocenters. The quantitative estimate of drug-likeness (QED) is 0.288. The van der Waals surface area contributed by atoms with E-state index in [0.29, 0.717) is 12.0 Å². The van der Waals surface area contributed by atoms with E-state index in [1.165, 1.54) is 44.8 Å². The summed E-state index contributed by atoms with van der Waals surface area (Å²) in [6, 6.07) is 11.6. The molecule has 2 aliphatic rings. The number of carbonyl (C=O) groups excluding carboxylic acids is 1. The summed E-state index contributed by atoms with van der Waals surface area (Å²) in [5, 5.41) is 0. The number of thioether (sulfide) groups is 1. The second kappa shape index (κ2) is 14.4. The standard InChI is InChI=1S/C30H49N3O2S/c1-6-7-20-33-23-31-30(19-21-36-5,29(34)35-4)28(33)22-25-13-16-26(17-14-25)27(32(2)3)18-15-24-11-9-8-10-12-24/h8-12,23,25-28H,6-7,13-22H2,1-5H3. The fraction of sp³-hybridized carbons (Fsp3) is 0.733. The lowest BCUT2D eigenvalue weighted by Gasteiger charge is -2.41.